The molecule has 0 spiro atoms. The first-order valence-corrected chi connectivity index (χ1v) is 48.7. The third-order valence-corrected chi connectivity index (χ3v) is 29.1. The van der Waals surface area contributed by atoms with Gasteiger partial charge in [-0.25, -0.2) is 15.0 Å². The van der Waals surface area contributed by atoms with Crippen molar-refractivity contribution >= 4 is 170 Å². The van der Waals surface area contributed by atoms with Crippen LogP contribution >= 0.6 is 0 Å². The molecule has 0 bridgehead atoms. The van der Waals surface area contributed by atoms with Crippen molar-refractivity contribution in [3.63, 3.8) is 0 Å². The Morgan fingerprint density at radius 3 is 0.764 bits per heavy atom. The second kappa shape index (κ2) is 33.2. The summed E-state index contributed by atoms with van der Waals surface area (Å²) in [5, 5.41) is 20.1. The summed E-state index contributed by atoms with van der Waals surface area (Å²) in [6.45, 7) is 6.57. The van der Waals surface area contributed by atoms with Gasteiger partial charge in [-0.15, -0.1) is 0 Å². The van der Waals surface area contributed by atoms with Crippen LogP contribution in [0, 0.1) is 0 Å². The van der Waals surface area contributed by atoms with E-state index in [0.717, 1.165) is 138 Å². The van der Waals surface area contributed by atoms with E-state index in [1.165, 1.54) is 153 Å². The minimum Gasteiger partial charge on any atom is -0.306 e. The van der Waals surface area contributed by atoms with Crippen LogP contribution in [-0.2, 0) is 19.3 Å². The number of anilines is 9. The van der Waals surface area contributed by atoms with Gasteiger partial charge in [0.05, 0.1) is 84.3 Å². The second-order valence-corrected chi connectivity index (χ2v) is 36.7. The quantitative estimate of drug-likeness (QED) is 0.114. The zero-order valence-corrected chi connectivity index (χ0v) is 77.5. The minimum atomic E-state index is 0.853. The number of imidazole rings is 3. The minimum absolute atomic E-state index is 0.853. The molecule has 0 saturated carbocycles. The summed E-state index contributed by atoms with van der Waals surface area (Å²) in [4.78, 5) is 22.5. The van der Waals surface area contributed by atoms with Crippen molar-refractivity contribution in [3.8, 4) is 83.8 Å². The molecule has 0 amide bonds. The predicted molar refractivity (Wildman–Crippen MR) is 589 cm³/mol. The van der Waals surface area contributed by atoms with E-state index in [-0.39, 0.29) is 0 Å². The molecule has 140 heavy (non-hydrogen) atoms. The second-order valence-electron chi connectivity index (χ2n) is 36.7. The van der Waals surface area contributed by atoms with E-state index in [0.29, 0.717) is 0 Å². The van der Waals surface area contributed by atoms with Crippen molar-refractivity contribution in [2.45, 2.75) is 40.0 Å². The number of nitrogens with zero attached hydrogens (tertiary/aromatic N) is 9. The Morgan fingerprint density at radius 1 is 0.171 bits per heavy atom. The first-order chi connectivity index (χ1) is 69.4. The molecule has 660 valence electrons. The van der Waals surface area contributed by atoms with Gasteiger partial charge in [-0.1, -0.05) is 367 Å². The molecular weight excluding hydrogens is 1700 g/mol. The highest BCUT2D eigenvalue weighted by Crippen LogP contribution is 2.57. The molecule has 23 aromatic carbocycles. The molecule has 0 N–H and O–H groups in total. The summed E-state index contributed by atoms with van der Waals surface area (Å²) in [7, 11) is 0. The Bertz CT molecular complexity index is 9360. The highest BCUT2D eigenvalue weighted by atomic mass is 15.3. The zero-order valence-electron chi connectivity index (χ0n) is 77.5. The van der Waals surface area contributed by atoms with Gasteiger partial charge in [-0.2, -0.15) is 0 Å². The highest BCUT2D eigenvalue weighted by molar-refractivity contribution is 6.27. The third-order valence-electron chi connectivity index (χ3n) is 29.1. The molecule has 3 aliphatic rings. The van der Waals surface area contributed by atoms with Crippen LogP contribution in [0.15, 0.2) is 461 Å². The lowest BCUT2D eigenvalue weighted by Crippen LogP contribution is -2.19. The Hall–Kier alpha value is -18.1. The Kier molecular flexibility index (Phi) is 19.3. The molecule has 0 aliphatic carbocycles. The summed E-state index contributed by atoms with van der Waals surface area (Å²) in [6.07, 6.45) is 2.56. The summed E-state index contributed by atoms with van der Waals surface area (Å²) < 4.78 is 7.13. The summed E-state index contributed by atoms with van der Waals surface area (Å²) >= 11 is 0. The lowest BCUT2D eigenvalue weighted by atomic mass is 9.84. The molecule has 9 nitrogen and oxygen atoms in total. The first kappa shape index (κ1) is 81.5. The molecule has 3 aromatic heterocycles. The van der Waals surface area contributed by atoms with E-state index in [4.69, 9.17) is 15.0 Å². The van der Waals surface area contributed by atoms with Gasteiger partial charge in [0.15, 0.2) is 0 Å². The molecule has 9 heteroatoms. The van der Waals surface area contributed by atoms with Crippen molar-refractivity contribution in [1.82, 2.24) is 28.7 Å². The van der Waals surface area contributed by atoms with Crippen LogP contribution < -0.4 is 14.7 Å². The number of benzene rings is 23. The molecular formula is C131H91N9. The maximum absolute atomic E-state index is 5.09. The number of hydrogen-bond acceptors (Lipinski definition) is 6. The smallest absolute Gasteiger partial charge is 0.114 e. The molecule has 3 aliphatic heterocycles. The maximum Gasteiger partial charge on any atom is 0.114 e. The Labute approximate surface area is 810 Å². The van der Waals surface area contributed by atoms with E-state index in [9.17, 15) is 0 Å². The predicted octanol–water partition coefficient (Wildman–Crippen LogP) is 35.3. The van der Waals surface area contributed by atoms with Crippen molar-refractivity contribution in [2.75, 3.05) is 14.7 Å². The average molecular weight is 1790 g/mol. The van der Waals surface area contributed by atoms with Crippen molar-refractivity contribution < 1.29 is 0 Å². The Balaban J connectivity index is 0.000000106. The van der Waals surface area contributed by atoms with Crippen molar-refractivity contribution in [3.05, 3.63) is 479 Å². The summed E-state index contributed by atoms with van der Waals surface area (Å²) in [6, 6.07) is 168. The van der Waals surface area contributed by atoms with Crippen LogP contribution in [-0.4, -0.2) is 28.7 Å². The number of rotatable bonds is 12. The zero-order chi connectivity index (χ0) is 92.7. The molecule has 6 heterocycles. The number of para-hydroxylation sites is 6. The number of aryl methyl sites for hydroxylation is 3. The standard InChI is InChI=1S/2C45H31N3.C41H29N3/c1-2-42-46-38-24-13-25-40-45(38)48(42)39-27-26-30(28-41(39)47(40)31-16-4-3-5-17-31)43-34-19-8-10-21-36(34)44(37-22-11-9-20-35(37)43)33-23-12-15-29-14-6-7-18-32(29)33;1-2-42-46-38-21-12-22-40-45(38)48(42)39-26-25-32(28-41(39)47(40)33-15-4-3-5-16-33)44-36-19-10-8-17-34(36)43(35-18-9-11-20-37(35)44)31-24-23-29-13-6-7-14-30(29)27-31;1-2-38-42-34-22-13-23-36-41(34)44(38)35-25-24-28(26-37(35)43(36)29-16-7-4-8-17-29)40-32-20-11-9-18-30(32)39(27-14-5-3-6-15-27)31-19-10-12-21-33(31)40/h2*3-28H,2H2,1H3;3-26H,2H2,1H3. The van der Waals surface area contributed by atoms with E-state index >= 15 is 0 Å². The fourth-order valence-corrected chi connectivity index (χ4v) is 23.2. The third kappa shape index (κ3) is 12.8. The van der Waals surface area contributed by atoms with Gasteiger partial charge >= 0.3 is 0 Å². The molecule has 26 aromatic rings. The summed E-state index contributed by atoms with van der Waals surface area (Å²) in [5.74, 6) is 3.24. The van der Waals surface area contributed by atoms with E-state index in [2.05, 4.69) is 510 Å². The van der Waals surface area contributed by atoms with E-state index in [1.807, 2.05) is 0 Å². The van der Waals surface area contributed by atoms with Gasteiger partial charge in [-0.05, 0) is 268 Å². The molecule has 29 rings (SSSR count). The van der Waals surface area contributed by atoms with Gasteiger partial charge in [0.1, 0.15) is 17.5 Å². The fourth-order valence-electron chi connectivity index (χ4n) is 23.2. The van der Waals surface area contributed by atoms with Crippen molar-refractivity contribution in [1.29, 1.82) is 0 Å². The largest absolute Gasteiger partial charge is 0.306 e. The van der Waals surface area contributed by atoms with Crippen LogP contribution in [0.25, 0.3) is 203 Å². The van der Waals surface area contributed by atoms with Crippen LogP contribution in [0.1, 0.15) is 38.2 Å². The molecule has 0 unspecified atom stereocenters. The monoisotopic (exact) mass is 1790 g/mol. The van der Waals surface area contributed by atoms with Crippen LogP contribution in [0.2, 0.25) is 0 Å². The average Bonchev–Trinajstić information content (AvgIpc) is 1.01. The maximum atomic E-state index is 5.09. The van der Waals surface area contributed by atoms with E-state index < -0.39 is 0 Å². The lowest BCUT2D eigenvalue weighted by molar-refractivity contribution is 0.900. The normalized spacial score (nSPS) is 12.3. The molecule has 0 saturated heterocycles. The van der Waals surface area contributed by atoms with Gasteiger partial charge in [0.2, 0.25) is 0 Å². The van der Waals surface area contributed by atoms with Gasteiger partial charge < -0.3 is 14.7 Å². The molecule has 0 radical (unpaired) electrons. The van der Waals surface area contributed by atoms with Gasteiger partial charge in [0.25, 0.3) is 0 Å². The van der Waals surface area contributed by atoms with E-state index in [1.54, 1.807) is 0 Å². The van der Waals surface area contributed by atoms with Gasteiger partial charge in [0, 0.05) is 36.3 Å². The first-order valence-electron chi connectivity index (χ1n) is 48.7. The fraction of sp³-hybridized carbons (Fsp3) is 0.0458. The van der Waals surface area contributed by atoms with Crippen LogP contribution in [0.4, 0.5) is 51.2 Å². The highest BCUT2D eigenvalue weighted by Gasteiger charge is 2.35. The molecule has 0 fully saturated rings. The van der Waals surface area contributed by atoms with Crippen LogP contribution in [0.5, 0.6) is 0 Å². The molecule has 0 atom stereocenters. The number of aromatic nitrogens is 6. The SMILES string of the molecule is CCc1nc2cccc3c2n1-c1ccc(-c2c4ccccc4c(-c4ccc5ccccc5c4)c4ccccc24)cc1N3c1ccccc1.CCc1nc2cccc3c2n1-c1ccc(-c2c4ccccc4c(-c4cccc5ccccc45)c4ccccc24)cc1N3c1ccccc1.CCc1nc2cccc3c2n1-c1ccc(-c2c4ccccc4c(-c4ccccc4)c4ccccc24)cc1N3c1ccccc1. The topological polar surface area (TPSA) is 63.2 Å². The number of fused-ring (bicyclic) bond motifs is 14. The van der Waals surface area contributed by atoms with Gasteiger partial charge in [-0.3, -0.25) is 13.7 Å². The lowest BCUT2D eigenvalue weighted by Gasteiger charge is -2.33. The summed E-state index contributed by atoms with van der Waals surface area (Å²) in [5.41, 5.74) is 35.3. The van der Waals surface area contributed by atoms with Crippen LogP contribution in [0.3, 0.4) is 0 Å². The van der Waals surface area contributed by atoms with Crippen molar-refractivity contribution in [2.24, 2.45) is 0 Å². The Morgan fingerprint density at radius 2 is 0.429 bits per heavy atom. The number of hydrogen-bond donors (Lipinski definition) is 0.